The topological polar surface area (TPSA) is 56.7 Å². The number of thioether (sulfide) groups is 1. The largest absolute Gasteiger partial charge is 0.396 e. The van der Waals surface area contributed by atoms with E-state index in [0.717, 1.165) is 23.0 Å². The second-order valence-corrected chi connectivity index (χ2v) is 5.12. The van der Waals surface area contributed by atoms with Gasteiger partial charge in [-0.3, -0.25) is 4.68 Å². The molecule has 0 aliphatic rings. The van der Waals surface area contributed by atoms with Crippen LogP contribution in [0.3, 0.4) is 0 Å². The fourth-order valence-corrected chi connectivity index (χ4v) is 2.59. The molecular weight excluding hydrogens is 232 g/mol. The molecule has 0 fully saturated rings. The zero-order valence-corrected chi connectivity index (χ0v) is 10.9. The Hall–Kier alpha value is -1.49. The molecule has 2 aromatic rings. The molecule has 0 aliphatic carbocycles. The van der Waals surface area contributed by atoms with Gasteiger partial charge in [0.1, 0.15) is 0 Å². The number of hydrogen-bond acceptors (Lipinski definition) is 4. The van der Waals surface area contributed by atoms with Gasteiger partial charge in [0.2, 0.25) is 0 Å². The monoisotopic (exact) mass is 248 g/mol. The van der Waals surface area contributed by atoms with Crippen molar-refractivity contribution in [2.45, 2.75) is 25.4 Å². The summed E-state index contributed by atoms with van der Waals surface area (Å²) in [5.41, 5.74) is 8.63. The van der Waals surface area contributed by atoms with E-state index in [9.17, 15) is 0 Å². The Morgan fingerprint density at radius 2 is 2.18 bits per heavy atom. The number of nitrogens with two attached hydrogens (primary N) is 1. The van der Waals surface area contributed by atoms with Crippen LogP contribution in [0.4, 0.5) is 5.69 Å². The maximum Gasteiger partial charge on any atom is 0.0966 e. The minimum Gasteiger partial charge on any atom is -0.396 e. The van der Waals surface area contributed by atoms with E-state index in [1.54, 1.807) is 18.0 Å². The second kappa shape index (κ2) is 5.23. The van der Waals surface area contributed by atoms with Gasteiger partial charge in [0.15, 0.2) is 0 Å². The quantitative estimate of drug-likeness (QED) is 0.843. The highest BCUT2D eigenvalue weighted by molar-refractivity contribution is 7.99. The van der Waals surface area contributed by atoms with E-state index in [-0.39, 0.29) is 0 Å². The van der Waals surface area contributed by atoms with Crippen LogP contribution < -0.4 is 5.73 Å². The summed E-state index contributed by atoms with van der Waals surface area (Å²) in [4.78, 5) is 4.48. The Balaban J connectivity index is 1.89. The van der Waals surface area contributed by atoms with Crippen LogP contribution in [0.5, 0.6) is 0 Å². The molecule has 0 radical (unpaired) electrons. The van der Waals surface area contributed by atoms with Crippen LogP contribution >= 0.6 is 11.8 Å². The predicted molar refractivity (Wildman–Crippen MR) is 71.1 cm³/mol. The van der Waals surface area contributed by atoms with Gasteiger partial charge in [-0.2, -0.15) is 5.10 Å². The van der Waals surface area contributed by atoms with Crippen molar-refractivity contribution in [3.63, 3.8) is 0 Å². The molecule has 0 atom stereocenters. The van der Waals surface area contributed by atoms with Crippen molar-refractivity contribution >= 4 is 17.4 Å². The molecule has 90 valence electrons. The number of pyridine rings is 1. The Kier molecular flexibility index (Phi) is 3.68. The van der Waals surface area contributed by atoms with Crippen LogP contribution in [0.15, 0.2) is 29.6 Å². The minimum atomic E-state index is 0.708. The second-order valence-electron chi connectivity index (χ2n) is 4.01. The number of hydrogen-bond donors (Lipinski definition) is 1. The smallest absolute Gasteiger partial charge is 0.0966 e. The standard InChI is InChI=1S/C12H16N4S/c1-9-5-10(2)15-12(6-9)17-4-3-16-8-11(13)7-14-16/h5-8H,3-4,13H2,1-2H3. The van der Waals surface area contributed by atoms with Crippen molar-refractivity contribution in [1.29, 1.82) is 0 Å². The molecule has 2 N–H and O–H groups in total. The molecule has 2 aromatic heterocycles. The molecule has 2 heterocycles. The van der Waals surface area contributed by atoms with Gasteiger partial charge in [0.25, 0.3) is 0 Å². The summed E-state index contributed by atoms with van der Waals surface area (Å²) >= 11 is 1.74. The molecule has 0 aromatic carbocycles. The summed E-state index contributed by atoms with van der Waals surface area (Å²) in [5, 5.41) is 5.21. The van der Waals surface area contributed by atoms with Crippen LogP contribution in [0.1, 0.15) is 11.3 Å². The first-order valence-corrected chi connectivity index (χ1v) is 6.48. The van der Waals surface area contributed by atoms with Crippen molar-refractivity contribution in [2.75, 3.05) is 11.5 Å². The minimum absolute atomic E-state index is 0.708. The van der Waals surface area contributed by atoms with Gasteiger partial charge >= 0.3 is 0 Å². The molecule has 0 saturated carbocycles. The maximum atomic E-state index is 5.60. The molecule has 0 saturated heterocycles. The SMILES string of the molecule is Cc1cc(C)nc(SCCn2cc(N)cn2)c1. The highest BCUT2D eigenvalue weighted by atomic mass is 32.2. The van der Waals surface area contributed by atoms with Crippen LogP contribution in [0.25, 0.3) is 0 Å². The van der Waals surface area contributed by atoms with Crippen LogP contribution in [-0.4, -0.2) is 20.5 Å². The number of rotatable bonds is 4. The van der Waals surface area contributed by atoms with E-state index in [1.807, 2.05) is 17.8 Å². The van der Waals surface area contributed by atoms with Gasteiger partial charge in [0, 0.05) is 17.6 Å². The zero-order valence-electron chi connectivity index (χ0n) is 10.1. The molecule has 0 bridgehead atoms. The number of aromatic nitrogens is 3. The summed E-state index contributed by atoms with van der Waals surface area (Å²) in [6.07, 6.45) is 3.51. The Morgan fingerprint density at radius 3 is 2.82 bits per heavy atom. The first-order chi connectivity index (χ1) is 8.13. The van der Waals surface area contributed by atoms with Crippen molar-refractivity contribution in [2.24, 2.45) is 0 Å². The first kappa shape index (κ1) is 12.0. The Morgan fingerprint density at radius 1 is 1.35 bits per heavy atom. The summed E-state index contributed by atoms with van der Waals surface area (Å²) in [7, 11) is 0. The van der Waals surface area contributed by atoms with Crippen molar-refractivity contribution in [1.82, 2.24) is 14.8 Å². The van der Waals surface area contributed by atoms with E-state index in [2.05, 4.69) is 29.1 Å². The highest BCUT2D eigenvalue weighted by Gasteiger charge is 2.00. The molecule has 0 spiro atoms. The molecule has 4 nitrogen and oxygen atoms in total. The molecule has 0 unspecified atom stereocenters. The molecule has 5 heteroatoms. The normalized spacial score (nSPS) is 10.7. The van der Waals surface area contributed by atoms with Crippen molar-refractivity contribution in [3.8, 4) is 0 Å². The number of nitrogen functional groups attached to an aromatic ring is 1. The summed E-state index contributed by atoms with van der Waals surface area (Å²) in [5.74, 6) is 0.941. The molecule has 0 amide bonds. The lowest BCUT2D eigenvalue weighted by Gasteiger charge is -2.04. The molecule has 17 heavy (non-hydrogen) atoms. The first-order valence-electron chi connectivity index (χ1n) is 5.49. The highest BCUT2D eigenvalue weighted by Crippen LogP contribution is 2.17. The van der Waals surface area contributed by atoms with Gasteiger partial charge in [0.05, 0.1) is 23.5 Å². The van der Waals surface area contributed by atoms with Crippen LogP contribution in [0, 0.1) is 13.8 Å². The van der Waals surface area contributed by atoms with E-state index in [0.29, 0.717) is 5.69 Å². The number of anilines is 1. The van der Waals surface area contributed by atoms with E-state index < -0.39 is 0 Å². The fraction of sp³-hybridized carbons (Fsp3) is 0.333. The maximum absolute atomic E-state index is 5.60. The summed E-state index contributed by atoms with van der Waals surface area (Å²) in [6, 6.07) is 4.19. The summed E-state index contributed by atoms with van der Waals surface area (Å²) in [6.45, 7) is 4.95. The van der Waals surface area contributed by atoms with Crippen LogP contribution in [-0.2, 0) is 6.54 Å². The third-order valence-electron chi connectivity index (χ3n) is 2.30. The van der Waals surface area contributed by atoms with Gasteiger partial charge in [-0.15, -0.1) is 11.8 Å². The van der Waals surface area contributed by atoms with E-state index >= 15 is 0 Å². The number of nitrogens with zero attached hydrogens (tertiary/aromatic N) is 3. The molecular formula is C12H16N4S. The van der Waals surface area contributed by atoms with Crippen molar-refractivity contribution in [3.05, 3.63) is 35.8 Å². The average Bonchev–Trinajstić information content (AvgIpc) is 2.63. The lowest BCUT2D eigenvalue weighted by molar-refractivity contribution is 0.666. The third-order valence-corrected chi connectivity index (χ3v) is 3.19. The van der Waals surface area contributed by atoms with Crippen LogP contribution in [0.2, 0.25) is 0 Å². The van der Waals surface area contributed by atoms with Gasteiger partial charge < -0.3 is 5.73 Å². The van der Waals surface area contributed by atoms with E-state index in [4.69, 9.17) is 5.73 Å². The average molecular weight is 248 g/mol. The van der Waals surface area contributed by atoms with Crippen molar-refractivity contribution < 1.29 is 0 Å². The molecule has 2 rings (SSSR count). The summed E-state index contributed by atoms with van der Waals surface area (Å²) < 4.78 is 1.85. The molecule has 0 aliphatic heterocycles. The lowest BCUT2D eigenvalue weighted by Crippen LogP contribution is -2.01. The third kappa shape index (κ3) is 3.49. The predicted octanol–water partition coefficient (Wildman–Crippen LogP) is 2.27. The fourth-order valence-electron chi connectivity index (χ4n) is 1.62. The van der Waals surface area contributed by atoms with Gasteiger partial charge in [-0.05, 0) is 31.5 Å². The Bertz CT molecular complexity index is 487. The van der Waals surface area contributed by atoms with Gasteiger partial charge in [-0.25, -0.2) is 4.98 Å². The van der Waals surface area contributed by atoms with Gasteiger partial charge in [-0.1, -0.05) is 0 Å². The lowest BCUT2D eigenvalue weighted by atomic mass is 10.3. The zero-order chi connectivity index (χ0) is 12.3. The Labute approximate surface area is 105 Å². The number of aryl methyl sites for hydroxylation is 3. The van der Waals surface area contributed by atoms with E-state index in [1.165, 1.54) is 5.56 Å².